The van der Waals surface area contributed by atoms with Crippen LogP contribution in [0.15, 0.2) is 35.3 Å². The number of hydrogen-bond donors (Lipinski definition) is 3. The van der Waals surface area contributed by atoms with Crippen molar-refractivity contribution in [2.24, 2.45) is 5.92 Å². The SMILES string of the molecule is O=C(NC(Cc1ccccn1)C1CC(O)C1)c1cc2c([nH]c1=O)CCCC2. The van der Waals surface area contributed by atoms with Gasteiger partial charge in [-0.05, 0) is 68.2 Å². The van der Waals surface area contributed by atoms with Crippen LogP contribution in [0.3, 0.4) is 0 Å². The lowest BCUT2D eigenvalue weighted by atomic mass is 9.76. The summed E-state index contributed by atoms with van der Waals surface area (Å²) in [5.74, 6) is -0.144. The predicted molar refractivity (Wildman–Crippen MR) is 102 cm³/mol. The summed E-state index contributed by atoms with van der Waals surface area (Å²) in [6, 6.07) is 7.32. The maximum absolute atomic E-state index is 12.9. The third kappa shape index (κ3) is 3.95. The molecule has 0 spiro atoms. The summed E-state index contributed by atoms with van der Waals surface area (Å²) in [6.07, 6.45) is 7.28. The molecule has 0 saturated heterocycles. The number of aliphatic hydroxyl groups is 1. The van der Waals surface area contributed by atoms with Crippen molar-refractivity contribution in [2.75, 3.05) is 0 Å². The summed E-state index contributed by atoms with van der Waals surface area (Å²) in [6.45, 7) is 0. The molecular weight excluding hydrogens is 342 g/mol. The van der Waals surface area contributed by atoms with Gasteiger partial charge in [0.1, 0.15) is 5.56 Å². The lowest BCUT2D eigenvalue weighted by molar-refractivity contribution is 0.0237. The number of fused-ring (bicyclic) bond motifs is 1. The van der Waals surface area contributed by atoms with Gasteiger partial charge in [-0.1, -0.05) is 6.07 Å². The molecule has 6 nitrogen and oxygen atoms in total. The van der Waals surface area contributed by atoms with E-state index in [0.717, 1.165) is 42.6 Å². The summed E-state index contributed by atoms with van der Waals surface area (Å²) < 4.78 is 0. The van der Waals surface area contributed by atoms with Gasteiger partial charge in [0.15, 0.2) is 0 Å². The van der Waals surface area contributed by atoms with Crippen LogP contribution in [0.2, 0.25) is 0 Å². The highest BCUT2D eigenvalue weighted by Crippen LogP contribution is 2.31. The fourth-order valence-corrected chi connectivity index (χ4v) is 4.13. The van der Waals surface area contributed by atoms with Crippen molar-refractivity contribution < 1.29 is 9.90 Å². The van der Waals surface area contributed by atoms with E-state index in [-0.39, 0.29) is 35.1 Å². The van der Waals surface area contributed by atoms with Crippen LogP contribution in [0.4, 0.5) is 0 Å². The molecule has 1 amide bonds. The molecule has 2 aromatic rings. The number of aryl methyl sites for hydroxylation is 2. The minimum Gasteiger partial charge on any atom is -0.393 e. The molecule has 0 bridgehead atoms. The first-order valence-corrected chi connectivity index (χ1v) is 9.74. The van der Waals surface area contributed by atoms with Gasteiger partial charge < -0.3 is 15.4 Å². The summed E-state index contributed by atoms with van der Waals surface area (Å²) in [5, 5.41) is 12.7. The highest BCUT2D eigenvalue weighted by Gasteiger charge is 2.35. The van der Waals surface area contributed by atoms with E-state index >= 15 is 0 Å². The first-order chi connectivity index (χ1) is 13.1. The molecule has 6 heteroatoms. The van der Waals surface area contributed by atoms with Crippen LogP contribution < -0.4 is 10.9 Å². The van der Waals surface area contributed by atoms with Crippen molar-refractivity contribution in [1.82, 2.24) is 15.3 Å². The zero-order valence-corrected chi connectivity index (χ0v) is 15.3. The minimum absolute atomic E-state index is 0.147. The van der Waals surface area contributed by atoms with E-state index in [1.54, 1.807) is 12.3 Å². The van der Waals surface area contributed by atoms with Crippen LogP contribution in [0.5, 0.6) is 0 Å². The lowest BCUT2D eigenvalue weighted by Gasteiger charge is -2.38. The van der Waals surface area contributed by atoms with E-state index in [2.05, 4.69) is 15.3 Å². The molecule has 2 aromatic heterocycles. The smallest absolute Gasteiger partial charge is 0.261 e. The predicted octanol–water partition coefficient (Wildman–Crippen LogP) is 1.76. The summed E-state index contributed by atoms with van der Waals surface area (Å²) in [7, 11) is 0. The number of pyridine rings is 2. The maximum Gasteiger partial charge on any atom is 0.261 e. The Bertz CT molecular complexity index is 872. The average Bonchev–Trinajstić information content (AvgIpc) is 2.65. The number of aliphatic hydroxyl groups excluding tert-OH is 1. The van der Waals surface area contributed by atoms with Crippen molar-refractivity contribution in [2.45, 2.75) is 57.1 Å². The van der Waals surface area contributed by atoms with Gasteiger partial charge in [-0.2, -0.15) is 0 Å². The Balaban J connectivity index is 1.54. The molecule has 2 aliphatic carbocycles. The second-order valence-corrected chi connectivity index (χ2v) is 7.71. The number of rotatable bonds is 5. The average molecular weight is 367 g/mol. The van der Waals surface area contributed by atoms with E-state index in [9.17, 15) is 14.7 Å². The summed E-state index contributed by atoms with van der Waals surface area (Å²) in [5.41, 5.74) is 2.80. The minimum atomic E-state index is -0.341. The molecule has 142 valence electrons. The van der Waals surface area contributed by atoms with Gasteiger partial charge in [0.05, 0.1) is 6.10 Å². The monoisotopic (exact) mass is 367 g/mol. The van der Waals surface area contributed by atoms with Crippen LogP contribution in [0.1, 0.15) is 53.0 Å². The number of amides is 1. The first kappa shape index (κ1) is 17.9. The molecular formula is C21H25N3O3. The summed E-state index contributed by atoms with van der Waals surface area (Å²) in [4.78, 5) is 32.5. The molecule has 4 rings (SSSR count). The second kappa shape index (κ2) is 7.64. The van der Waals surface area contributed by atoms with Crippen molar-refractivity contribution >= 4 is 5.91 Å². The number of carbonyl (C=O) groups excluding carboxylic acids is 1. The Morgan fingerprint density at radius 1 is 1.30 bits per heavy atom. The molecule has 2 aliphatic rings. The van der Waals surface area contributed by atoms with Crippen LogP contribution >= 0.6 is 0 Å². The van der Waals surface area contributed by atoms with Gasteiger partial charge in [0.2, 0.25) is 0 Å². The fraction of sp³-hybridized carbons (Fsp3) is 0.476. The molecule has 3 N–H and O–H groups in total. The topological polar surface area (TPSA) is 95.1 Å². The second-order valence-electron chi connectivity index (χ2n) is 7.71. The van der Waals surface area contributed by atoms with E-state index in [1.807, 2.05) is 18.2 Å². The van der Waals surface area contributed by atoms with Crippen molar-refractivity contribution in [3.05, 3.63) is 63.3 Å². The van der Waals surface area contributed by atoms with Gasteiger partial charge in [0.25, 0.3) is 11.5 Å². The van der Waals surface area contributed by atoms with Gasteiger partial charge in [-0.3, -0.25) is 14.6 Å². The Morgan fingerprint density at radius 3 is 2.85 bits per heavy atom. The third-order valence-electron chi connectivity index (χ3n) is 5.77. The molecule has 1 unspecified atom stereocenters. The molecule has 1 atom stereocenters. The van der Waals surface area contributed by atoms with Crippen LogP contribution in [0.25, 0.3) is 0 Å². The van der Waals surface area contributed by atoms with E-state index < -0.39 is 0 Å². The number of aromatic nitrogens is 2. The van der Waals surface area contributed by atoms with Gasteiger partial charge in [-0.25, -0.2) is 0 Å². The number of aromatic amines is 1. The highest BCUT2D eigenvalue weighted by atomic mass is 16.3. The largest absolute Gasteiger partial charge is 0.393 e. The molecule has 0 radical (unpaired) electrons. The molecule has 1 fully saturated rings. The standard InChI is InChI=1S/C21H25N3O3/c25-16-9-14(10-16)19(12-15-6-3-4-8-22-15)24-21(27)17-11-13-5-1-2-7-18(13)23-20(17)26/h3-4,6,8,11,14,16,19,25H,1-2,5,7,9-10,12H2,(H,23,26)(H,24,27). The maximum atomic E-state index is 12.9. The molecule has 2 heterocycles. The number of nitrogens with one attached hydrogen (secondary N) is 2. The van der Waals surface area contributed by atoms with Gasteiger partial charge in [-0.15, -0.1) is 0 Å². The summed E-state index contributed by atoms with van der Waals surface area (Å²) >= 11 is 0. The number of hydrogen-bond acceptors (Lipinski definition) is 4. The Morgan fingerprint density at radius 2 is 2.11 bits per heavy atom. The zero-order valence-electron chi connectivity index (χ0n) is 15.3. The quantitative estimate of drug-likeness (QED) is 0.750. The number of H-pyrrole nitrogens is 1. The Kier molecular flexibility index (Phi) is 5.07. The Labute approximate surface area is 158 Å². The van der Waals surface area contributed by atoms with Gasteiger partial charge >= 0.3 is 0 Å². The van der Waals surface area contributed by atoms with Crippen molar-refractivity contribution in [3.8, 4) is 0 Å². The van der Waals surface area contributed by atoms with E-state index in [0.29, 0.717) is 19.3 Å². The van der Waals surface area contributed by atoms with Crippen molar-refractivity contribution in [1.29, 1.82) is 0 Å². The fourth-order valence-electron chi connectivity index (χ4n) is 4.13. The molecule has 1 saturated carbocycles. The van der Waals surface area contributed by atoms with E-state index in [1.165, 1.54) is 0 Å². The normalized spacial score (nSPS) is 22.4. The lowest BCUT2D eigenvalue weighted by Crippen LogP contribution is -2.49. The van der Waals surface area contributed by atoms with Crippen molar-refractivity contribution in [3.63, 3.8) is 0 Å². The number of nitrogens with zero attached hydrogens (tertiary/aromatic N) is 1. The Hall–Kier alpha value is -2.47. The molecule has 0 aliphatic heterocycles. The molecule has 0 aromatic carbocycles. The van der Waals surface area contributed by atoms with Crippen LogP contribution in [-0.2, 0) is 19.3 Å². The van der Waals surface area contributed by atoms with Gasteiger partial charge in [0, 0.05) is 30.0 Å². The first-order valence-electron chi connectivity index (χ1n) is 9.74. The highest BCUT2D eigenvalue weighted by molar-refractivity contribution is 5.94. The van der Waals surface area contributed by atoms with Crippen LogP contribution in [0, 0.1) is 5.92 Å². The van der Waals surface area contributed by atoms with E-state index in [4.69, 9.17) is 0 Å². The van der Waals surface area contributed by atoms with Crippen LogP contribution in [-0.4, -0.2) is 33.1 Å². The third-order valence-corrected chi connectivity index (χ3v) is 5.77. The molecule has 27 heavy (non-hydrogen) atoms. The number of carbonyl (C=O) groups is 1. The zero-order chi connectivity index (χ0) is 18.8.